The monoisotopic (exact) mass is 262 g/mol. The summed E-state index contributed by atoms with van der Waals surface area (Å²) in [6.07, 6.45) is -4.56. The zero-order valence-electron chi connectivity index (χ0n) is 8.39. The van der Waals surface area contributed by atoms with E-state index in [0.717, 1.165) is 10.4 Å². The van der Waals surface area contributed by atoms with Crippen LogP contribution < -0.4 is 10.4 Å². The van der Waals surface area contributed by atoms with E-state index in [0.29, 0.717) is 0 Å². The van der Waals surface area contributed by atoms with Crippen molar-refractivity contribution in [1.29, 1.82) is 0 Å². The molecule has 0 bridgehead atoms. The third-order valence-corrected chi connectivity index (χ3v) is 4.31. The summed E-state index contributed by atoms with van der Waals surface area (Å²) in [5.74, 6) is 0. The lowest BCUT2D eigenvalue weighted by atomic mass is 10.4. The molecule has 0 spiro atoms. The average Bonchev–Trinajstić information content (AvgIpc) is 2.25. The number of hydrogen-bond acceptors (Lipinski definition) is 0. The van der Waals surface area contributed by atoms with Gasteiger partial charge in [-0.05, 0) is 0 Å². The van der Waals surface area contributed by atoms with Crippen molar-refractivity contribution in [2.75, 3.05) is 0 Å². The lowest BCUT2D eigenvalue weighted by Gasteiger charge is -2.02. The summed E-state index contributed by atoms with van der Waals surface area (Å²) in [5, 5.41) is 1.71. The van der Waals surface area contributed by atoms with Crippen LogP contribution in [-0.2, 0) is 0 Å². The standard InChI is InChI=1S/C10H10F4Si2/c11-9(12)5-15-7-1-2-8(4-3-7)16-6-10(13)14/h1-4,9-10H,5-6H2. The highest BCUT2D eigenvalue weighted by Gasteiger charge is 2.06. The molecule has 0 aliphatic carbocycles. The van der Waals surface area contributed by atoms with E-state index >= 15 is 0 Å². The lowest BCUT2D eigenvalue weighted by Crippen LogP contribution is -2.22. The minimum atomic E-state index is -2.28. The summed E-state index contributed by atoms with van der Waals surface area (Å²) in [6.45, 7) is 0. The Labute approximate surface area is 96.7 Å². The molecule has 0 saturated carbocycles. The fourth-order valence-electron chi connectivity index (χ4n) is 1.10. The van der Waals surface area contributed by atoms with Crippen molar-refractivity contribution < 1.29 is 17.6 Å². The molecule has 0 aliphatic heterocycles. The molecule has 4 radical (unpaired) electrons. The van der Waals surface area contributed by atoms with Gasteiger partial charge in [-0.15, -0.1) is 0 Å². The van der Waals surface area contributed by atoms with Crippen LogP contribution in [-0.4, -0.2) is 31.9 Å². The maximum absolute atomic E-state index is 11.9. The van der Waals surface area contributed by atoms with Crippen LogP contribution in [0.2, 0.25) is 12.1 Å². The van der Waals surface area contributed by atoms with Gasteiger partial charge in [0, 0.05) is 12.1 Å². The maximum Gasteiger partial charge on any atom is 0.236 e. The summed E-state index contributed by atoms with van der Waals surface area (Å²) in [7, 11) is 0.167. The van der Waals surface area contributed by atoms with Crippen LogP contribution >= 0.6 is 0 Å². The topological polar surface area (TPSA) is 0 Å². The number of hydrogen-bond donors (Lipinski definition) is 0. The third kappa shape index (κ3) is 5.46. The zero-order chi connectivity index (χ0) is 12.0. The van der Waals surface area contributed by atoms with Crippen molar-refractivity contribution in [1.82, 2.24) is 0 Å². The molecule has 0 atom stereocenters. The first-order valence-corrected chi connectivity index (χ1v) is 7.13. The van der Waals surface area contributed by atoms with Crippen LogP contribution in [0.4, 0.5) is 17.6 Å². The highest BCUT2D eigenvalue weighted by Crippen LogP contribution is 1.99. The Kier molecular flexibility index (Phi) is 5.75. The molecule has 0 amide bonds. The molecular formula is C10H10F4Si2. The Balaban J connectivity index is 2.41. The second kappa shape index (κ2) is 6.85. The summed E-state index contributed by atoms with van der Waals surface area (Å²) in [4.78, 5) is 0. The van der Waals surface area contributed by atoms with Crippen molar-refractivity contribution >= 4 is 29.4 Å². The summed E-state index contributed by atoms with van der Waals surface area (Å²) in [6, 6.07) is 6.73. The normalized spacial score (nSPS) is 11.4. The van der Waals surface area contributed by atoms with E-state index in [9.17, 15) is 17.6 Å². The van der Waals surface area contributed by atoms with Gasteiger partial charge in [0.25, 0.3) is 0 Å². The number of halogens is 4. The van der Waals surface area contributed by atoms with Gasteiger partial charge in [-0.2, -0.15) is 0 Å². The quantitative estimate of drug-likeness (QED) is 0.541. The molecule has 0 N–H and O–H groups in total. The Morgan fingerprint density at radius 1 is 0.750 bits per heavy atom. The predicted molar refractivity (Wildman–Crippen MR) is 58.8 cm³/mol. The first-order valence-electron chi connectivity index (χ1n) is 4.72. The van der Waals surface area contributed by atoms with Gasteiger partial charge in [-0.3, -0.25) is 0 Å². The first kappa shape index (κ1) is 13.4. The molecule has 0 nitrogen and oxygen atoms in total. The molecule has 0 aliphatic rings. The molecule has 0 saturated heterocycles. The van der Waals surface area contributed by atoms with Gasteiger partial charge in [-0.1, -0.05) is 34.6 Å². The molecule has 6 heteroatoms. The Bertz CT molecular complexity index is 269. The van der Waals surface area contributed by atoms with Crippen molar-refractivity contribution in [3.05, 3.63) is 24.3 Å². The molecule has 0 heterocycles. The van der Waals surface area contributed by atoms with Crippen LogP contribution in [0.25, 0.3) is 0 Å². The molecule has 1 aromatic rings. The molecule has 16 heavy (non-hydrogen) atoms. The minimum Gasteiger partial charge on any atom is -0.211 e. The van der Waals surface area contributed by atoms with E-state index in [1.54, 1.807) is 24.3 Å². The molecular weight excluding hydrogens is 252 g/mol. The van der Waals surface area contributed by atoms with E-state index in [2.05, 4.69) is 0 Å². The van der Waals surface area contributed by atoms with Crippen molar-refractivity contribution in [2.45, 2.75) is 24.9 Å². The van der Waals surface area contributed by atoms with Crippen LogP contribution in [0.3, 0.4) is 0 Å². The Morgan fingerprint density at radius 3 is 1.31 bits per heavy atom. The van der Waals surface area contributed by atoms with Crippen LogP contribution in [0.5, 0.6) is 0 Å². The van der Waals surface area contributed by atoms with Gasteiger partial charge >= 0.3 is 0 Å². The molecule has 86 valence electrons. The molecule has 0 aromatic heterocycles. The van der Waals surface area contributed by atoms with Gasteiger partial charge in [0.15, 0.2) is 0 Å². The van der Waals surface area contributed by atoms with Gasteiger partial charge < -0.3 is 0 Å². The van der Waals surface area contributed by atoms with E-state index in [1.807, 2.05) is 0 Å². The summed E-state index contributed by atoms with van der Waals surface area (Å²) in [5.41, 5.74) is 0. The highest BCUT2D eigenvalue weighted by molar-refractivity contribution is 6.55. The van der Waals surface area contributed by atoms with Gasteiger partial charge in [-0.25, -0.2) is 17.6 Å². The van der Waals surface area contributed by atoms with Gasteiger partial charge in [0.1, 0.15) is 0 Å². The molecule has 1 rings (SSSR count). The van der Waals surface area contributed by atoms with Crippen LogP contribution in [0.1, 0.15) is 0 Å². The number of alkyl halides is 4. The average molecular weight is 262 g/mol. The smallest absolute Gasteiger partial charge is 0.211 e. The van der Waals surface area contributed by atoms with E-state index in [-0.39, 0.29) is 31.1 Å². The van der Waals surface area contributed by atoms with E-state index in [4.69, 9.17) is 0 Å². The van der Waals surface area contributed by atoms with E-state index < -0.39 is 12.9 Å². The minimum absolute atomic E-state index is 0.0835. The SMILES string of the molecule is FC(F)C[Si]c1ccc([Si]CC(F)F)cc1. The summed E-state index contributed by atoms with van der Waals surface area (Å²) < 4.78 is 47.7. The second-order valence-corrected chi connectivity index (χ2v) is 5.80. The fourth-order valence-corrected chi connectivity index (χ4v) is 2.68. The van der Waals surface area contributed by atoms with Crippen molar-refractivity contribution in [3.8, 4) is 0 Å². The highest BCUT2D eigenvalue weighted by atomic mass is 28.2. The number of rotatable bonds is 6. The Hall–Kier alpha value is -0.626. The van der Waals surface area contributed by atoms with Crippen LogP contribution in [0.15, 0.2) is 24.3 Å². The van der Waals surface area contributed by atoms with Crippen molar-refractivity contribution in [2.24, 2.45) is 0 Å². The fraction of sp³-hybridized carbons (Fsp3) is 0.400. The van der Waals surface area contributed by atoms with Gasteiger partial charge in [0.05, 0.1) is 19.0 Å². The predicted octanol–water partition coefficient (Wildman–Crippen LogP) is 1.71. The maximum atomic E-state index is 11.9. The second-order valence-electron chi connectivity index (χ2n) is 3.12. The first-order chi connectivity index (χ1) is 7.58. The Morgan fingerprint density at radius 2 is 1.06 bits per heavy atom. The van der Waals surface area contributed by atoms with Gasteiger partial charge in [0.2, 0.25) is 12.9 Å². The van der Waals surface area contributed by atoms with E-state index in [1.165, 1.54) is 0 Å². The van der Waals surface area contributed by atoms with Crippen LogP contribution in [0, 0.1) is 0 Å². The summed E-state index contributed by atoms with van der Waals surface area (Å²) >= 11 is 0. The molecule has 0 unspecified atom stereocenters. The molecule has 1 aromatic carbocycles. The number of benzene rings is 1. The lowest BCUT2D eigenvalue weighted by molar-refractivity contribution is 0.171. The molecule has 0 fully saturated rings. The largest absolute Gasteiger partial charge is 0.236 e. The third-order valence-electron chi connectivity index (χ3n) is 1.81. The zero-order valence-corrected chi connectivity index (χ0v) is 10.4. The van der Waals surface area contributed by atoms with Crippen molar-refractivity contribution in [3.63, 3.8) is 0 Å².